The van der Waals surface area contributed by atoms with Gasteiger partial charge in [0.1, 0.15) is 18.1 Å². The first-order valence-corrected chi connectivity index (χ1v) is 11.9. The number of nitrogens with zero attached hydrogens (tertiary/aromatic N) is 3. The van der Waals surface area contributed by atoms with Gasteiger partial charge in [-0.05, 0) is 42.0 Å². The highest BCUT2D eigenvalue weighted by Crippen LogP contribution is 2.37. The zero-order valence-electron chi connectivity index (χ0n) is 19.7. The molecule has 0 unspecified atom stereocenters. The number of anilines is 2. The number of likely N-dealkylation sites (N-methyl/N-ethyl adjacent to an activating group) is 1. The molecule has 0 saturated carbocycles. The SMILES string of the molecule is COc1ccccc1-c1csc(N(Cc2ccc(C(=O)N(C)CC(=O)O)cc2)c2ccccc2F)n1. The van der Waals surface area contributed by atoms with E-state index in [2.05, 4.69) is 0 Å². The van der Waals surface area contributed by atoms with Crippen LogP contribution < -0.4 is 9.64 Å². The van der Waals surface area contributed by atoms with Gasteiger partial charge in [-0.1, -0.05) is 36.4 Å². The second kappa shape index (κ2) is 11.0. The smallest absolute Gasteiger partial charge is 0.323 e. The molecule has 0 aliphatic carbocycles. The van der Waals surface area contributed by atoms with Gasteiger partial charge in [0.25, 0.3) is 5.91 Å². The van der Waals surface area contributed by atoms with E-state index in [1.165, 1.54) is 24.5 Å². The fourth-order valence-electron chi connectivity index (χ4n) is 3.73. The van der Waals surface area contributed by atoms with Crippen molar-refractivity contribution in [2.45, 2.75) is 6.54 Å². The van der Waals surface area contributed by atoms with Crippen LogP contribution in [0.25, 0.3) is 11.3 Å². The maximum Gasteiger partial charge on any atom is 0.323 e. The molecular formula is C27H24FN3O4S. The first-order chi connectivity index (χ1) is 17.4. The minimum atomic E-state index is -1.08. The number of carbonyl (C=O) groups is 2. The molecule has 1 aromatic heterocycles. The highest BCUT2D eigenvalue weighted by molar-refractivity contribution is 7.14. The monoisotopic (exact) mass is 505 g/mol. The Kier molecular flexibility index (Phi) is 7.60. The van der Waals surface area contributed by atoms with E-state index in [9.17, 15) is 14.0 Å². The third kappa shape index (κ3) is 5.52. The van der Waals surface area contributed by atoms with Crippen LogP contribution in [0.2, 0.25) is 0 Å². The second-order valence-electron chi connectivity index (χ2n) is 8.01. The molecule has 0 radical (unpaired) electrons. The highest BCUT2D eigenvalue weighted by atomic mass is 32.1. The van der Waals surface area contributed by atoms with Gasteiger partial charge >= 0.3 is 5.97 Å². The molecule has 9 heteroatoms. The number of methoxy groups -OCH3 is 1. The van der Waals surface area contributed by atoms with E-state index < -0.39 is 11.9 Å². The average Bonchev–Trinajstić information content (AvgIpc) is 3.37. The molecule has 1 amide bonds. The third-order valence-electron chi connectivity index (χ3n) is 5.51. The van der Waals surface area contributed by atoms with Gasteiger partial charge in [-0.25, -0.2) is 9.37 Å². The molecule has 4 rings (SSSR count). The summed E-state index contributed by atoms with van der Waals surface area (Å²) in [6.07, 6.45) is 0. The number of thiazole rings is 1. The van der Waals surface area contributed by atoms with E-state index in [4.69, 9.17) is 14.8 Å². The van der Waals surface area contributed by atoms with Crippen molar-refractivity contribution in [2.24, 2.45) is 0 Å². The fourth-order valence-corrected chi connectivity index (χ4v) is 4.56. The number of para-hydroxylation sites is 2. The molecular weight excluding hydrogens is 481 g/mol. The van der Waals surface area contributed by atoms with Gasteiger partial charge < -0.3 is 19.6 Å². The maximum absolute atomic E-state index is 14.9. The molecule has 0 bridgehead atoms. The summed E-state index contributed by atoms with van der Waals surface area (Å²) in [7, 11) is 3.04. The normalized spacial score (nSPS) is 10.6. The van der Waals surface area contributed by atoms with Crippen molar-refractivity contribution >= 4 is 34.0 Å². The van der Waals surface area contributed by atoms with Crippen LogP contribution in [0.1, 0.15) is 15.9 Å². The van der Waals surface area contributed by atoms with Crippen LogP contribution in [-0.4, -0.2) is 47.6 Å². The van der Waals surface area contributed by atoms with Crippen molar-refractivity contribution in [1.82, 2.24) is 9.88 Å². The number of hydrogen-bond donors (Lipinski definition) is 1. The minimum Gasteiger partial charge on any atom is -0.496 e. The zero-order valence-corrected chi connectivity index (χ0v) is 20.5. The molecule has 184 valence electrons. The Morgan fingerprint density at radius 1 is 1.03 bits per heavy atom. The standard InChI is InChI=1S/C27H24FN3O4S/c1-30(16-25(32)33)26(34)19-13-11-18(12-14-19)15-31(23-9-5-4-8-21(23)28)27-29-22(17-36-27)20-7-3-6-10-24(20)35-2/h3-14,17H,15-16H2,1-2H3,(H,32,33). The van der Waals surface area contributed by atoms with Crippen molar-refractivity contribution in [1.29, 1.82) is 0 Å². The predicted molar refractivity (Wildman–Crippen MR) is 137 cm³/mol. The van der Waals surface area contributed by atoms with E-state index in [0.717, 1.165) is 21.7 Å². The Labute approximate surface area is 212 Å². The first-order valence-electron chi connectivity index (χ1n) is 11.0. The van der Waals surface area contributed by atoms with Crippen molar-refractivity contribution < 1.29 is 23.8 Å². The summed E-state index contributed by atoms with van der Waals surface area (Å²) in [5, 5.41) is 11.4. The quantitative estimate of drug-likeness (QED) is 0.326. The zero-order chi connectivity index (χ0) is 25.7. The highest BCUT2D eigenvalue weighted by Gasteiger charge is 2.20. The summed E-state index contributed by atoms with van der Waals surface area (Å²) in [6.45, 7) is -0.0839. The lowest BCUT2D eigenvalue weighted by molar-refractivity contribution is -0.137. The molecule has 0 atom stereocenters. The summed E-state index contributed by atoms with van der Waals surface area (Å²) in [6, 6.07) is 20.9. The molecule has 0 saturated heterocycles. The van der Waals surface area contributed by atoms with Crippen LogP contribution in [0.5, 0.6) is 5.75 Å². The van der Waals surface area contributed by atoms with Crippen molar-refractivity contribution in [3.05, 3.63) is 95.1 Å². The average molecular weight is 506 g/mol. The van der Waals surface area contributed by atoms with Crippen molar-refractivity contribution in [3.8, 4) is 17.0 Å². The molecule has 7 nitrogen and oxygen atoms in total. The van der Waals surface area contributed by atoms with Gasteiger partial charge in [0.15, 0.2) is 5.13 Å². The number of carboxylic acids is 1. The molecule has 3 aromatic carbocycles. The fraction of sp³-hybridized carbons (Fsp3) is 0.148. The van der Waals surface area contributed by atoms with Crippen molar-refractivity contribution in [2.75, 3.05) is 25.6 Å². The largest absolute Gasteiger partial charge is 0.496 e. The van der Waals surface area contributed by atoms with E-state index in [0.29, 0.717) is 28.7 Å². The number of carboxylic acid groups (broad SMARTS) is 1. The molecule has 0 fully saturated rings. The molecule has 0 aliphatic heterocycles. The van der Waals surface area contributed by atoms with E-state index in [-0.39, 0.29) is 12.4 Å². The summed E-state index contributed by atoms with van der Waals surface area (Å²) >= 11 is 1.39. The molecule has 1 heterocycles. The first kappa shape index (κ1) is 24.9. The number of carbonyl (C=O) groups excluding carboxylic acids is 1. The van der Waals surface area contributed by atoms with Gasteiger partial charge in [-0.3, -0.25) is 9.59 Å². The summed E-state index contributed by atoms with van der Waals surface area (Å²) in [5.74, 6) is -1.16. The van der Waals surface area contributed by atoms with Crippen LogP contribution in [-0.2, 0) is 11.3 Å². The number of rotatable bonds is 9. The molecule has 0 aliphatic rings. The van der Waals surface area contributed by atoms with Crippen molar-refractivity contribution in [3.63, 3.8) is 0 Å². The predicted octanol–water partition coefficient (Wildman–Crippen LogP) is 5.45. The summed E-state index contributed by atoms with van der Waals surface area (Å²) in [5.41, 5.74) is 3.12. The Balaban J connectivity index is 1.64. The lowest BCUT2D eigenvalue weighted by Gasteiger charge is -2.23. The molecule has 0 spiro atoms. The van der Waals surface area contributed by atoms with Gasteiger partial charge in [0.2, 0.25) is 0 Å². The van der Waals surface area contributed by atoms with Crippen LogP contribution in [0.4, 0.5) is 15.2 Å². The number of ether oxygens (including phenoxy) is 1. The third-order valence-corrected chi connectivity index (χ3v) is 6.37. The molecule has 1 N–H and O–H groups in total. The van der Waals surface area contributed by atoms with Crippen LogP contribution in [0.3, 0.4) is 0 Å². The van der Waals surface area contributed by atoms with Gasteiger partial charge in [-0.15, -0.1) is 11.3 Å². The van der Waals surface area contributed by atoms with Gasteiger partial charge in [0, 0.05) is 23.6 Å². The van der Waals surface area contributed by atoms with Crippen LogP contribution in [0, 0.1) is 5.82 Å². The minimum absolute atomic E-state index is 0.305. The van der Waals surface area contributed by atoms with Gasteiger partial charge in [0.05, 0.1) is 25.0 Å². The van der Waals surface area contributed by atoms with Gasteiger partial charge in [-0.2, -0.15) is 0 Å². The topological polar surface area (TPSA) is 83.0 Å². The summed E-state index contributed by atoms with van der Waals surface area (Å²) in [4.78, 5) is 31.1. The second-order valence-corrected chi connectivity index (χ2v) is 8.84. The molecule has 36 heavy (non-hydrogen) atoms. The van der Waals surface area contributed by atoms with Crippen LogP contribution >= 0.6 is 11.3 Å². The summed E-state index contributed by atoms with van der Waals surface area (Å²) < 4.78 is 20.3. The number of halogens is 1. The van der Waals surface area contributed by atoms with E-state index in [1.54, 1.807) is 54.5 Å². The van der Waals surface area contributed by atoms with Crippen LogP contribution in [0.15, 0.2) is 78.2 Å². The Bertz CT molecular complexity index is 1370. The number of benzene rings is 3. The van der Waals surface area contributed by atoms with E-state index in [1.807, 2.05) is 29.6 Å². The number of aromatic nitrogens is 1. The maximum atomic E-state index is 14.9. The molecule has 4 aromatic rings. The lowest BCUT2D eigenvalue weighted by Crippen LogP contribution is -2.31. The Morgan fingerprint density at radius 2 is 1.72 bits per heavy atom. The number of aliphatic carboxylic acids is 1. The van der Waals surface area contributed by atoms with E-state index >= 15 is 0 Å². The number of hydrogen-bond acceptors (Lipinski definition) is 6. The number of amides is 1. The lowest BCUT2D eigenvalue weighted by atomic mass is 10.1. The Morgan fingerprint density at radius 3 is 2.42 bits per heavy atom. The Hall–Kier alpha value is -4.24.